The largest absolute Gasteiger partial charge is 0.464 e. The van der Waals surface area contributed by atoms with Crippen molar-refractivity contribution in [3.63, 3.8) is 0 Å². The van der Waals surface area contributed by atoms with Crippen molar-refractivity contribution >= 4 is 40.1 Å². The van der Waals surface area contributed by atoms with Crippen molar-refractivity contribution in [2.45, 2.75) is 45.3 Å². The van der Waals surface area contributed by atoms with E-state index in [1.807, 2.05) is 49.3 Å². The third kappa shape index (κ3) is 11.5. The SMILES string of the molecule is COCCOCOC(=O)C(C)(CC(C)(CC(C)(C)C#N)C(=O)OCCN(C)C)SC(=S)c1ccccc1. The maximum Gasteiger partial charge on any atom is 0.324 e. The van der Waals surface area contributed by atoms with Gasteiger partial charge in [0.1, 0.15) is 11.4 Å². The summed E-state index contributed by atoms with van der Waals surface area (Å²) in [6.45, 7) is 8.08. The van der Waals surface area contributed by atoms with Crippen molar-refractivity contribution in [1.29, 1.82) is 5.26 Å². The van der Waals surface area contributed by atoms with Crippen molar-refractivity contribution in [3.8, 4) is 6.07 Å². The lowest BCUT2D eigenvalue weighted by molar-refractivity contribution is -0.164. The second-order valence-electron chi connectivity index (χ2n) is 10.3. The van der Waals surface area contributed by atoms with E-state index in [1.165, 1.54) is 0 Å². The molecule has 206 valence electrons. The van der Waals surface area contributed by atoms with Gasteiger partial charge in [-0.2, -0.15) is 5.26 Å². The number of carbonyl (C=O) groups is 2. The van der Waals surface area contributed by atoms with Gasteiger partial charge in [-0.15, -0.1) is 0 Å². The summed E-state index contributed by atoms with van der Waals surface area (Å²) in [6, 6.07) is 11.6. The van der Waals surface area contributed by atoms with E-state index < -0.39 is 27.5 Å². The van der Waals surface area contributed by atoms with Gasteiger partial charge in [0.05, 0.1) is 34.3 Å². The molecule has 2 unspecified atom stereocenters. The van der Waals surface area contributed by atoms with E-state index in [0.29, 0.717) is 17.3 Å². The number of hydrogen-bond acceptors (Lipinski definition) is 10. The van der Waals surface area contributed by atoms with Gasteiger partial charge in [-0.25, -0.2) is 0 Å². The number of thioether (sulfide) groups is 1. The van der Waals surface area contributed by atoms with Gasteiger partial charge in [0.25, 0.3) is 0 Å². The quantitative estimate of drug-likeness (QED) is 0.127. The van der Waals surface area contributed by atoms with Gasteiger partial charge in [-0.3, -0.25) is 9.59 Å². The molecule has 8 nitrogen and oxygen atoms in total. The maximum atomic E-state index is 13.5. The van der Waals surface area contributed by atoms with Crippen LogP contribution in [0.5, 0.6) is 0 Å². The molecule has 0 aliphatic carbocycles. The fourth-order valence-electron chi connectivity index (χ4n) is 3.90. The van der Waals surface area contributed by atoms with E-state index in [0.717, 1.165) is 17.3 Å². The molecule has 0 aromatic heterocycles. The highest BCUT2D eigenvalue weighted by Crippen LogP contribution is 2.46. The molecule has 1 aromatic carbocycles. The predicted molar refractivity (Wildman–Crippen MR) is 149 cm³/mol. The van der Waals surface area contributed by atoms with Gasteiger partial charge in [-0.05, 0) is 60.2 Å². The molecule has 0 N–H and O–H groups in total. The van der Waals surface area contributed by atoms with Crippen LogP contribution in [0.25, 0.3) is 0 Å². The Hall–Kier alpha value is -2.03. The molecular formula is C27H40N2O6S2. The van der Waals surface area contributed by atoms with Crippen LogP contribution in [-0.4, -0.2) is 80.1 Å². The number of benzene rings is 1. The number of ether oxygens (including phenoxy) is 4. The van der Waals surface area contributed by atoms with E-state index in [9.17, 15) is 14.9 Å². The monoisotopic (exact) mass is 552 g/mol. The predicted octanol–water partition coefficient (Wildman–Crippen LogP) is 4.46. The normalized spacial score (nSPS) is 14.8. The van der Waals surface area contributed by atoms with Crippen LogP contribution >= 0.6 is 24.0 Å². The number of nitrogens with zero attached hydrogens (tertiary/aromatic N) is 2. The Labute approximate surface area is 231 Å². The summed E-state index contributed by atoms with van der Waals surface area (Å²) in [4.78, 5) is 28.8. The minimum atomic E-state index is -1.27. The number of methoxy groups -OCH3 is 1. The summed E-state index contributed by atoms with van der Waals surface area (Å²) in [6.07, 6.45) is 0.226. The molecule has 0 radical (unpaired) electrons. The average Bonchev–Trinajstić information content (AvgIpc) is 2.83. The van der Waals surface area contributed by atoms with Crippen LogP contribution in [0.4, 0.5) is 0 Å². The molecule has 37 heavy (non-hydrogen) atoms. The van der Waals surface area contributed by atoms with Crippen LogP contribution in [0.15, 0.2) is 30.3 Å². The highest BCUT2D eigenvalue weighted by atomic mass is 32.2. The lowest BCUT2D eigenvalue weighted by Gasteiger charge is -2.38. The first-order chi connectivity index (χ1) is 17.3. The lowest BCUT2D eigenvalue weighted by Crippen LogP contribution is -2.45. The second-order valence-corrected chi connectivity index (χ2v) is 12.5. The van der Waals surface area contributed by atoms with E-state index in [4.69, 9.17) is 31.2 Å². The molecule has 0 heterocycles. The Morgan fingerprint density at radius 2 is 1.65 bits per heavy atom. The smallest absolute Gasteiger partial charge is 0.324 e. The molecular weight excluding hydrogens is 512 g/mol. The number of thiocarbonyl (C=S) groups is 1. The van der Waals surface area contributed by atoms with Crippen molar-refractivity contribution in [2.75, 3.05) is 54.4 Å². The standard InChI is InChI=1S/C27H40N2O6S2/c1-25(2,19-28)17-26(3,23(30)34-14-13-29(5)6)18-27(4,24(31)35-20-33-16-15-32-7)37-22(36)21-11-9-8-10-12-21/h8-12H,13-18,20H2,1-7H3. The molecule has 10 heteroatoms. The molecule has 2 atom stereocenters. The molecule has 0 fully saturated rings. The fourth-order valence-corrected chi connectivity index (χ4v) is 5.78. The maximum absolute atomic E-state index is 13.5. The fraction of sp³-hybridized carbons (Fsp3) is 0.630. The summed E-state index contributed by atoms with van der Waals surface area (Å²) in [5.74, 6) is -1.05. The van der Waals surface area contributed by atoms with E-state index >= 15 is 0 Å². The Morgan fingerprint density at radius 1 is 1.00 bits per heavy atom. The molecule has 1 aromatic rings. The topological polar surface area (TPSA) is 98.1 Å². The van der Waals surface area contributed by atoms with Gasteiger partial charge in [0.15, 0.2) is 6.79 Å². The van der Waals surface area contributed by atoms with Crippen molar-refractivity contribution in [3.05, 3.63) is 35.9 Å². The number of carbonyl (C=O) groups excluding carboxylic acids is 2. The summed E-state index contributed by atoms with van der Waals surface area (Å²) in [5.41, 5.74) is -1.23. The number of esters is 2. The van der Waals surface area contributed by atoms with Crippen molar-refractivity contribution < 1.29 is 28.5 Å². The molecule has 0 bridgehead atoms. The first kappa shape index (κ1) is 33.0. The molecule has 0 saturated heterocycles. The molecule has 0 aliphatic heterocycles. The van der Waals surface area contributed by atoms with Gasteiger partial charge < -0.3 is 23.8 Å². The first-order valence-electron chi connectivity index (χ1n) is 12.0. The van der Waals surface area contributed by atoms with E-state index in [2.05, 4.69) is 6.07 Å². The summed E-state index contributed by atoms with van der Waals surface area (Å²) >= 11 is 6.84. The Bertz CT molecular complexity index is 935. The van der Waals surface area contributed by atoms with Crippen molar-refractivity contribution in [2.24, 2.45) is 10.8 Å². The Morgan fingerprint density at radius 3 is 2.22 bits per heavy atom. The Balaban J connectivity index is 3.30. The zero-order chi connectivity index (χ0) is 28.1. The third-order valence-corrected chi connectivity index (χ3v) is 7.26. The van der Waals surface area contributed by atoms with Crippen LogP contribution in [0.2, 0.25) is 0 Å². The average molecular weight is 553 g/mol. The van der Waals surface area contributed by atoms with E-state index in [1.54, 1.807) is 34.8 Å². The summed E-state index contributed by atoms with van der Waals surface area (Å²) in [7, 11) is 5.32. The molecule has 1 rings (SSSR count). The second kappa shape index (κ2) is 15.4. The Kier molecular flexibility index (Phi) is 13.7. The zero-order valence-electron chi connectivity index (χ0n) is 23.0. The van der Waals surface area contributed by atoms with Crippen LogP contribution < -0.4 is 0 Å². The first-order valence-corrected chi connectivity index (χ1v) is 13.3. The molecule has 0 aliphatic rings. The van der Waals surface area contributed by atoms with Crippen molar-refractivity contribution in [1.82, 2.24) is 4.90 Å². The summed E-state index contributed by atoms with van der Waals surface area (Å²) < 4.78 is 20.6. The van der Waals surface area contributed by atoms with E-state index in [-0.39, 0.29) is 32.8 Å². The van der Waals surface area contributed by atoms with Gasteiger partial charge >= 0.3 is 11.9 Å². The van der Waals surface area contributed by atoms with Crippen LogP contribution in [0.3, 0.4) is 0 Å². The molecule has 0 amide bonds. The highest BCUT2D eigenvalue weighted by molar-refractivity contribution is 8.25. The van der Waals surface area contributed by atoms with Gasteiger partial charge in [0, 0.05) is 13.7 Å². The number of likely N-dealkylation sites (N-methyl/N-ethyl adjacent to an activating group) is 1. The zero-order valence-corrected chi connectivity index (χ0v) is 24.6. The van der Waals surface area contributed by atoms with Crippen LogP contribution in [0.1, 0.15) is 46.1 Å². The number of hydrogen-bond donors (Lipinski definition) is 0. The van der Waals surface area contributed by atoms with Gasteiger partial charge in [0.2, 0.25) is 0 Å². The van der Waals surface area contributed by atoms with Gasteiger partial charge in [-0.1, -0.05) is 54.3 Å². The summed E-state index contributed by atoms with van der Waals surface area (Å²) in [5, 5.41) is 9.72. The van der Waals surface area contributed by atoms with Crippen LogP contribution in [0, 0.1) is 22.2 Å². The minimum Gasteiger partial charge on any atom is -0.464 e. The number of nitriles is 1. The minimum absolute atomic E-state index is 0.0421. The number of rotatable bonds is 16. The molecule has 0 spiro atoms. The lowest BCUT2D eigenvalue weighted by atomic mass is 9.70. The van der Waals surface area contributed by atoms with Crippen LogP contribution in [-0.2, 0) is 28.5 Å². The molecule has 0 saturated carbocycles. The highest BCUT2D eigenvalue weighted by Gasteiger charge is 2.50. The third-order valence-electron chi connectivity index (χ3n) is 5.59.